The number of carbonyl (C=O) groups is 3. The van der Waals surface area contributed by atoms with Crippen LogP contribution in [0.1, 0.15) is 6.92 Å². The Hall–Kier alpha value is -2.49. The second kappa shape index (κ2) is 13.5. The maximum absolute atomic E-state index is 11.9. The summed E-state index contributed by atoms with van der Waals surface area (Å²) in [6, 6.07) is -1.70. The maximum Gasteiger partial charge on any atom is 0.371 e. The number of nitrogens with one attached hydrogen (secondary N) is 1. The third kappa shape index (κ3) is 7.33. The molecule has 2 rings (SSSR count). The predicted octanol–water partition coefficient (Wildman–Crippen LogP) is -6.45. The molecule has 12 atom stereocenters. The summed E-state index contributed by atoms with van der Waals surface area (Å²) < 4.78 is 21.3. The molecule has 18 heteroatoms. The first-order valence-electron chi connectivity index (χ1n) is 11.1. The molecule has 0 aromatic rings. The minimum atomic E-state index is -2.53. The Kier molecular flexibility index (Phi) is 11.3. The number of ether oxygens (including phenoxy) is 4. The smallest absolute Gasteiger partial charge is 0.371 e. The molecule has 0 aromatic heterocycles. The fourth-order valence-electron chi connectivity index (χ4n) is 3.73. The fraction of sp³-hybridized carbons (Fsp3) is 0.750. The van der Waals surface area contributed by atoms with Gasteiger partial charge in [0.1, 0.15) is 54.9 Å². The number of hydrogen-bond acceptors (Lipinski definition) is 15. The minimum Gasteiger partial charge on any atom is -0.479 e. The van der Waals surface area contributed by atoms with Crippen molar-refractivity contribution in [3.05, 3.63) is 11.8 Å². The van der Waals surface area contributed by atoms with E-state index >= 15 is 0 Å². The Morgan fingerprint density at radius 1 is 1.05 bits per heavy atom. The van der Waals surface area contributed by atoms with Gasteiger partial charge >= 0.3 is 11.9 Å². The standard InChI is InChI=1S/C20H31NO17/c1-5(24)21-10-15(37-20-12(28)6(25)2-8(35-20)17(31)32)13(29)9(4-23)36-19(10)38-16(14(30)18(33)34)11(27)7(26)3-22/h2,6-7,9-16,19-20,22-23,25-30H,3-4H2,1H3,(H,21,24)(H,31,32)(H,33,34)/t6-,7-,9+,10+,11+,12+,13+,14-,15+,16-,19-,20-/m0/s1. The molecular formula is C20H31NO17. The highest BCUT2D eigenvalue weighted by atomic mass is 16.7. The van der Waals surface area contributed by atoms with Crippen LogP contribution in [0.3, 0.4) is 0 Å². The molecule has 1 fully saturated rings. The van der Waals surface area contributed by atoms with Crippen molar-refractivity contribution in [1.82, 2.24) is 5.32 Å². The average Bonchev–Trinajstić information content (AvgIpc) is 2.86. The van der Waals surface area contributed by atoms with Crippen LogP contribution in [0.5, 0.6) is 0 Å². The Balaban J connectivity index is 2.46. The number of amides is 1. The lowest BCUT2D eigenvalue weighted by atomic mass is 9.95. The van der Waals surface area contributed by atoms with Crippen LogP contribution in [0.4, 0.5) is 0 Å². The van der Waals surface area contributed by atoms with Crippen LogP contribution < -0.4 is 5.32 Å². The number of aliphatic hydroxyl groups is 8. The van der Waals surface area contributed by atoms with Crippen molar-refractivity contribution in [3.8, 4) is 0 Å². The van der Waals surface area contributed by atoms with E-state index in [0.717, 1.165) is 6.92 Å². The normalized spacial score (nSPS) is 34.7. The van der Waals surface area contributed by atoms with Gasteiger partial charge in [-0.25, -0.2) is 9.59 Å². The molecule has 0 unspecified atom stereocenters. The summed E-state index contributed by atoms with van der Waals surface area (Å²) in [5.41, 5.74) is 0. The topological polar surface area (TPSA) is 302 Å². The molecule has 18 nitrogen and oxygen atoms in total. The van der Waals surface area contributed by atoms with Crippen molar-refractivity contribution in [2.45, 2.75) is 80.5 Å². The quantitative estimate of drug-likeness (QED) is 0.106. The zero-order valence-electron chi connectivity index (χ0n) is 19.7. The zero-order valence-corrected chi connectivity index (χ0v) is 19.7. The van der Waals surface area contributed by atoms with Gasteiger partial charge in [-0.15, -0.1) is 0 Å². The van der Waals surface area contributed by atoms with Crippen molar-refractivity contribution in [1.29, 1.82) is 0 Å². The summed E-state index contributed by atoms with van der Waals surface area (Å²) >= 11 is 0. The van der Waals surface area contributed by atoms with Crippen LogP contribution in [0.2, 0.25) is 0 Å². The van der Waals surface area contributed by atoms with E-state index in [1.165, 1.54) is 0 Å². The van der Waals surface area contributed by atoms with Gasteiger partial charge in [0.15, 0.2) is 12.4 Å². The molecular weight excluding hydrogens is 526 g/mol. The first-order valence-corrected chi connectivity index (χ1v) is 11.1. The van der Waals surface area contributed by atoms with E-state index in [-0.39, 0.29) is 0 Å². The second-order valence-corrected chi connectivity index (χ2v) is 8.47. The summed E-state index contributed by atoms with van der Waals surface area (Å²) in [5.74, 6) is -5.23. The van der Waals surface area contributed by atoms with E-state index in [9.17, 15) is 55.2 Å². The first kappa shape index (κ1) is 31.7. The maximum atomic E-state index is 11.9. The van der Waals surface area contributed by atoms with Crippen molar-refractivity contribution in [3.63, 3.8) is 0 Å². The molecule has 0 bridgehead atoms. The first-order chi connectivity index (χ1) is 17.7. The highest BCUT2D eigenvalue weighted by Crippen LogP contribution is 2.30. The van der Waals surface area contributed by atoms with Crippen molar-refractivity contribution in [2.75, 3.05) is 13.2 Å². The van der Waals surface area contributed by atoms with Gasteiger partial charge in [-0.2, -0.15) is 0 Å². The number of hydrogen-bond donors (Lipinski definition) is 11. The zero-order chi connectivity index (χ0) is 28.9. The molecule has 2 aliphatic rings. The van der Waals surface area contributed by atoms with Gasteiger partial charge in [0.05, 0.1) is 13.2 Å². The van der Waals surface area contributed by atoms with Crippen molar-refractivity contribution >= 4 is 17.8 Å². The van der Waals surface area contributed by atoms with Gasteiger partial charge in [0.25, 0.3) is 0 Å². The molecule has 11 N–H and O–H groups in total. The van der Waals surface area contributed by atoms with Gasteiger partial charge < -0.3 is 75.3 Å². The summed E-state index contributed by atoms with van der Waals surface area (Å²) in [6.45, 7) is -1.04. The van der Waals surface area contributed by atoms with Crippen molar-refractivity contribution < 1.29 is 84.4 Å². The van der Waals surface area contributed by atoms with Crippen LogP contribution >= 0.6 is 0 Å². The molecule has 0 radical (unpaired) electrons. The third-order valence-electron chi connectivity index (χ3n) is 5.69. The molecule has 38 heavy (non-hydrogen) atoms. The SMILES string of the molecule is CC(=O)N[C@H]1[C@H](O[C@@H]([C@H](O)[C@@H](O)CO)[C@H](O)C(=O)O)O[C@H](CO)[C@@H](O)[C@@H]1O[C@@H]1OC(C(=O)O)=C[C@H](O)[C@H]1O. The Morgan fingerprint density at radius 3 is 2.18 bits per heavy atom. The van der Waals surface area contributed by atoms with Crippen LogP contribution in [-0.4, -0.2) is 156 Å². The number of aliphatic carboxylic acids is 2. The van der Waals surface area contributed by atoms with E-state index in [4.69, 9.17) is 29.2 Å². The lowest BCUT2D eigenvalue weighted by Gasteiger charge is -2.47. The van der Waals surface area contributed by atoms with E-state index in [0.29, 0.717) is 6.08 Å². The Labute approximate surface area is 213 Å². The molecule has 0 spiro atoms. The summed E-state index contributed by atoms with van der Waals surface area (Å²) in [7, 11) is 0. The highest BCUT2D eigenvalue weighted by Gasteiger charge is 2.52. The average molecular weight is 557 g/mol. The van der Waals surface area contributed by atoms with Gasteiger partial charge in [0, 0.05) is 6.92 Å². The van der Waals surface area contributed by atoms with E-state index < -0.39 is 110 Å². The molecule has 218 valence electrons. The Bertz CT molecular complexity index is 868. The highest BCUT2D eigenvalue weighted by molar-refractivity contribution is 5.84. The third-order valence-corrected chi connectivity index (χ3v) is 5.69. The Morgan fingerprint density at radius 2 is 1.68 bits per heavy atom. The summed E-state index contributed by atoms with van der Waals surface area (Å²) in [4.78, 5) is 34.6. The van der Waals surface area contributed by atoms with Gasteiger partial charge in [-0.3, -0.25) is 4.79 Å². The monoisotopic (exact) mass is 557 g/mol. The lowest BCUT2D eigenvalue weighted by Crippen LogP contribution is -2.68. The van der Waals surface area contributed by atoms with E-state index in [1.54, 1.807) is 0 Å². The number of carboxylic acids is 2. The fourth-order valence-corrected chi connectivity index (χ4v) is 3.73. The van der Waals surface area contributed by atoms with E-state index in [2.05, 4.69) is 5.32 Å². The summed E-state index contributed by atoms with van der Waals surface area (Å²) in [5, 5.41) is 101. The van der Waals surface area contributed by atoms with Crippen LogP contribution in [0.25, 0.3) is 0 Å². The number of rotatable bonds is 12. The number of carbonyl (C=O) groups excluding carboxylic acids is 1. The lowest BCUT2D eigenvalue weighted by molar-refractivity contribution is -0.326. The molecule has 0 aliphatic carbocycles. The minimum absolute atomic E-state index is 0.673. The molecule has 0 aromatic carbocycles. The van der Waals surface area contributed by atoms with Gasteiger partial charge in [-0.05, 0) is 6.08 Å². The van der Waals surface area contributed by atoms with Crippen LogP contribution in [0.15, 0.2) is 11.8 Å². The van der Waals surface area contributed by atoms with Gasteiger partial charge in [0.2, 0.25) is 18.0 Å². The molecule has 2 aliphatic heterocycles. The number of carboxylic acid groups (broad SMARTS) is 2. The molecule has 1 amide bonds. The summed E-state index contributed by atoms with van der Waals surface area (Å²) in [6.07, 6.45) is -21.3. The van der Waals surface area contributed by atoms with Crippen LogP contribution in [-0.2, 0) is 33.3 Å². The van der Waals surface area contributed by atoms with Crippen LogP contribution in [0, 0.1) is 0 Å². The predicted molar refractivity (Wildman–Crippen MR) is 114 cm³/mol. The number of aliphatic hydroxyl groups excluding tert-OH is 8. The van der Waals surface area contributed by atoms with E-state index in [1.807, 2.05) is 0 Å². The van der Waals surface area contributed by atoms with Crippen molar-refractivity contribution in [2.24, 2.45) is 0 Å². The molecule has 1 saturated heterocycles. The molecule has 0 saturated carbocycles. The molecule has 2 heterocycles. The largest absolute Gasteiger partial charge is 0.479 e. The van der Waals surface area contributed by atoms with Gasteiger partial charge in [-0.1, -0.05) is 0 Å². The second-order valence-electron chi connectivity index (χ2n) is 8.47.